The monoisotopic (exact) mass is 368 g/mol. The molecule has 0 saturated carbocycles. The molecule has 0 saturated heterocycles. The van der Waals surface area contributed by atoms with Crippen LogP contribution in [0, 0.1) is 6.92 Å². The van der Waals surface area contributed by atoms with Gasteiger partial charge < -0.3 is 15.7 Å². The van der Waals surface area contributed by atoms with Gasteiger partial charge in [0.2, 0.25) is 0 Å². The van der Waals surface area contributed by atoms with Crippen molar-refractivity contribution < 1.29 is 19.5 Å². The van der Waals surface area contributed by atoms with Crippen LogP contribution >= 0.6 is 11.6 Å². The predicted octanol–water partition coefficient (Wildman–Crippen LogP) is -0.177. The maximum Gasteiger partial charge on any atom is 0.325 e. The third-order valence-electron chi connectivity index (χ3n) is 3.36. The number of carbonyl (C=O) groups is 3. The highest BCUT2D eigenvalue weighted by atomic mass is 35.5. The third-order valence-corrected chi connectivity index (χ3v) is 3.82. The van der Waals surface area contributed by atoms with Crippen LogP contribution in [0.2, 0.25) is 5.02 Å². The zero-order valence-corrected chi connectivity index (χ0v) is 14.4. The molecule has 2 heterocycles. The molecule has 134 valence electrons. The fourth-order valence-corrected chi connectivity index (χ4v) is 2.22. The average molecular weight is 369 g/mol. The SMILES string of the molecule is Cc1c(Cl)c(C(=O)NCCNC(=O)c2cnn(CC(=O)O)c2)nn1C. The predicted molar refractivity (Wildman–Crippen MR) is 87.5 cm³/mol. The lowest BCUT2D eigenvalue weighted by Crippen LogP contribution is -2.34. The molecule has 0 radical (unpaired) electrons. The topological polar surface area (TPSA) is 131 Å². The van der Waals surface area contributed by atoms with Gasteiger partial charge in [-0.15, -0.1) is 0 Å². The summed E-state index contributed by atoms with van der Waals surface area (Å²) in [7, 11) is 1.68. The number of hydrogen-bond acceptors (Lipinski definition) is 5. The minimum absolute atomic E-state index is 0.128. The van der Waals surface area contributed by atoms with Crippen LogP contribution in [-0.4, -0.2) is 55.5 Å². The Labute approximate surface area is 147 Å². The van der Waals surface area contributed by atoms with E-state index < -0.39 is 17.8 Å². The number of nitrogens with one attached hydrogen (secondary N) is 2. The molecule has 0 aliphatic heterocycles. The number of amides is 2. The number of hydrogen-bond donors (Lipinski definition) is 3. The Bertz CT molecular complexity index is 812. The van der Waals surface area contributed by atoms with E-state index in [1.807, 2.05) is 0 Å². The Morgan fingerprint density at radius 2 is 1.88 bits per heavy atom. The lowest BCUT2D eigenvalue weighted by atomic mass is 10.3. The summed E-state index contributed by atoms with van der Waals surface area (Å²) in [5.74, 6) is -1.91. The molecule has 10 nitrogen and oxygen atoms in total. The molecule has 0 unspecified atom stereocenters. The fraction of sp³-hybridized carbons (Fsp3) is 0.357. The molecular weight excluding hydrogens is 352 g/mol. The van der Waals surface area contributed by atoms with Crippen molar-refractivity contribution >= 4 is 29.4 Å². The van der Waals surface area contributed by atoms with Gasteiger partial charge in [0, 0.05) is 26.3 Å². The molecule has 0 atom stereocenters. The molecule has 0 spiro atoms. The van der Waals surface area contributed by atoms with Crippen LogP contribution in [0.4, 0.5) is 0 Å². The highest BCUT2D eigenvalue weighted by molar-refractivity contribution is 6.34. The summed E-state index contributed by atoms with van der Waals surface area (Å²) in [6.45, 7) is 1.78. The summed E-state index contributed by atoms with van der Waals surface area (Å²) < 4.78 is 2.65. The van der Waals surface area contributed by atoms with E-state index in [1.165, 1.54) is 17.1 Å². The van der Waals surface area contributed by atoms with Gasteiger partial charge in [0.1, 0.15) is 6.54 Å². The van der Waals surface area contributed by atoms with Gasteiger partial charge in [0.25, 0.3) is 11.8 Å². The Morgan fingerprint density at radius 3 is 2.44 bits per heavy atom. The number of halogens is 1. The molecule has 0 aromatic carbocycles. The van der Waals surface area contributed by atoms with Crippen LogP contribution in [0.1, 0.15) is 26.5 Å². The van der Waals surface area contributed by atoms with Gasteiger partial charge in [-0.3, -0.25) is 23.7 Å². The van der Waals surface area contributed by atoms with Gasteiger partial charge in [-0.05, 0) is 6.92 Å². The molecule has 0 aliphatic rings. The first-order valence-electron chi connectivity index (χ1n) is 7.29. The number of carboxylic acids is 1. The van der Waals surface area contributed by atoms with Gasteiger partial charge in [-0.25, -0.2) is 0 Å². The van der Waals surface area contributed by atoms with E-state index in [2.05, 4.69) is 20.8 Å². The minimum Gasteiger partial charge on any atom is -0.480 e. The number of aromatic nitrogens is 4. The van der Waals surface area contributed by atoms with Gasteiger partial charge >= 0.3 is 5.97 Å². The van der Waals surface area contributed by atoms with Gasteiger partial charge in [0.05, 0.1) is 22.5 Å². The van der Waals surface area contributed by atoms with E-state index in [0.717, 1.165) is 4.68 Å². The maximum atomic E-state index is 12.0. The van der Waals surface area contributed by atoms with Crippen molar-refractivity contribution in [2.75, 3.05) is 13.1 Å². The normalized spacial score (nSPS) is 10.5. The van der Waals surface area contributed by atoms with E-state index in [1.54, 1.807) is 14.0 Å². The van der Waals surface area contributed by atoms with E-state index >= 15 is 0 Å². The zero-order valence-electron chi connectivity index (χ0n) is 13.6. The second-order valence-corrected chi connectivity index (χ2v) is 5.58. The number of rotatable bonds is 7. The average Bonchev–Trinajstić information content (AvgIpc) is 3.11. The van der Waals surface area contributed by atoms with E-state index in [4.69, 9.17) is 16.7 Å². The van der Waals surface area contributed by atoms with Crippen molar-refractivity contribution in [1.29, 1.82) is 0 Å². The molecule has 0 fully saturated rings. The Kier molecular flexibility index (Phi) is 5.75. The molecule has 2 amide bonds. The second kappa shape index (κ2) is 7.79. The minimum atomic E-state index is -1.05. The highest BCUT2D eigenvalue weighted by Crippen LogP contribution is 2.18. The summed E-state index contributed by atoms with van der Waals surface area (Å²) in [6, 6.07) is 0. The molecule has 3 N–H and O–H groups in total. The number of aryl methyl sites for hydroxylation is 1. The van der Waals surface area contributed by atoms with E-state index in [9.17, 15) is 14.4 Å². The van der Waals surface area contributed by atoms with Gasteiger partial charge in [0.15, 0.2) is 5.69 Å². The Balaban J connectivity index is 1.79. The quantitative estimate of drug-likeness (QED) is 0.581. The summed E-state index contributed by atoms with van der Waals surface area (Å²) in [6.07, 6.45) is 2.60. The standard InChI is InChI=1S/C14H17ClN6O4/c1-8-11(15)12(19-20(8)2)14(25)17-4-3-16-13(24)9-5-18-21(6-9)7-10(22)23/h5-6H,3-4,7H2,1-2H3,(H,16,24)(H,17,25)(H,22,23). The van der Waals surface area contributed by atoms with Crippen molar-refractivity contribution in [1.82, 2.24) is 30.2 Å². The van der Waals surface area contributed by atoms with Crippen molar-refractivity contribution in [2.45, 2.75) is 13.5 Å². The second-order valence-electron chi connectivity index (χ2n) is 5.20. The molecular formula is C14H17ClN6O4. The van der Waals surface area contributed by atoms with Crippen molar-refractivity contribution in [3.63, 3.8) is 0 Å². The third kappa shape index (κ3) is 4.57. The summed E-state index contributed by atoms with van der Waals surface area (Å²) in [5.41, 5.74) is 1.04. The summed E-state index contributed by atoms with van der Waals surface area (Å²) in [5, 5.41) is 21.9. The highest BCUT2D eigenvalue weighted by Gasteiger charge is 2.17. The van der Waals surface area contributed by atoms with Crippen LogP contribution in [0.25, 0.3) is 0 Å². The number of carboxylic acid groups (broad SMARTS) is 1. The lowest BCUT2D eigenvalue weighted by Gasteiger charge is -2.05. The Hall–Kier alpha value is -2.88. The van der Waals surface area contributed by atoms with Gasteiger partial charge in [-0.1, -0.05) is 11.6 Å². The largest absolute Gasteiger partial charge is 0.480 e. The van der Waals surface area contributed by atoms with Crippen LogP contribution in [-0.2, 0) is 18.4 Å². The number of carbonyl (C=O) groups excluding carboxylic acids is 2. The van der Waals surface area contributed by atoms with Crippen LogP contribution in [0.5, 0.6) is 0 Å². The summed E-state index contributed by atoms with van der Waals surface area (Å²) >= 11 is 6.03. The first-order chi connectivity index (χ1) is 11.8. The Morgan fingerprint density at radius 1 is 1.24 bits per heavy atom. The number of nitrogens with zero attached hydrogens (tertiary/aromatic N) is 4. The maximum absolute atomic E-state index is 12.0. The van der Waals surface area contributed by atoms with Gasteiger partial charge in [-0.2, -0.15) is 10.2 Å². The first-order valence-corrected chi connectivity index (χ1v) is 7.67. The first kappa shape index (κ1) is 18.5. The lowest BCUT2D eigenvalue weighted by molar-refractivity contribution is -0.137. The van der Waals surface area contributed by atoms with Crippen molar-refractivity contribution in [2.24, 2.45) is 7.05 Å². The van der Waals surface area contributed by atoms with Crippen LogP contribution < -0.4 is 10.6 Å². The number of aliphatic carboxylic acids is 1. The molecule has 25 heavy (non-hydrogen) atoms. The molecule has 0 aliphatic carbocycles. The molecule has 11 heteroatoms. The summed E-state index contributed by atoms with van der Waals surface area (Å²) in [4.78, 5) is 34.5. The van der Waals surface area contributed by atoms with Crippen molar-refractivity contribution in [3.8, 4) is 0 Å². The van der Waals surface area contributed by atoms with E-state index in [-0.39, 0.29) is 35.9 Å². The molecule has 0 bridgehead atoms. The molecule has 2 rings (SSSR count). The van der Waals surface area contributed by atoms with Crippen LogP contribution in [0.3, 0.4) is 0 Å². The zero-order chi connectivity index (χ0) is 18.6. The van der Waals surface area contributed by atoms with Crippen LogP contribution in [0.15, 0.2) is 12.4 Å². The van der Waals surface area contributed by atoms with Crippen molar-refractivity contribution in [3.05, 3.63) is 34.4 Å². The van der Waals surface area contributed by atoms with E-state index in [0.29, 0.717) is 5.69 Å². The molecule has 2 aromatic heterocycles. The fourth-order valence-electron chi connectivity index (χ4n) is 1.97. The molecule has 2 aromatic rings. The smallest absolute Gasteiger partial charge is 0.325 e.